The van der Waals surface area contributed by atoms with Gasteiger partial charge in [-0.2, -0.15) is 11.8 Å². The van der Waals surface area contributed by atoms with Crippen LogP contribution in [0.15, 0.2) is 23.6 Å². The molecule has 1 amide bonds. The Morgan fingerprint density at radius 2 is 1.93 bits per heavy atom. The van der Waals surface area contributed by atoms with Crippen LogP contribution in [0.4, 0.5) is 11.5 Å². The smallest absolute Gasteiger partial charge is 0.293 e. The largest absolute Gasteiger partial charge is 0.486 e. The molecular weight excluding hydrogens is 408 g/mol. The van der Waals surface area contributed by atoms with E-state index in [-0.39, 0.29) is 11.7 Å². The number of fused-ring (bicyclic) bond motifs is 2. The Kier molecular flexibility index (Phi) is 4.92. The number of amides is 1. The Balaban J connectivity index is 1.47. The van der Waals surface area contributed by atoms with Crippen LogP contribution in [0.3, 0.4) is 0 Å². The van der Waals surface area contributed by atoms with Gasteiger partial charge in [0.2, 0.25) is 5.82 Å². The molecule has 1 fully saturated rings. The third kappa shape index (κ3) is 3.60. The zero-order chi connectivity index (χ0) is 19.8. The SMILES string of the molecule is Cc1scc2nc(C(=O)Nc3ccc4c(c3)OCCO4)nc(N3CCSCC3)c12. The average molecular weight is 429 g/mol. The molecule has 0 spiro atoms. The maximum atomic E-state index is 12.9. The summed E-state index contributed by atoms with van der Waals surface area (Å²) in [6.07, 6.45) is 0. The lowest BCUT2D eigenvalue weighted by Crippen LogP contribution is -2.34. The molecule has 0 saturated carbocycles. The summed E-state index contributed by atoms with van der Waals surface area (Å²) in [5.41, 5.74) is 1.45. The Labute approximate surface area is 176 Å². The number of nitrogens with one attached hydrogen (secondary N) is 1. The molecule has 1 N–H and O–H groups in total. The van der Waals surface area contributed by atoms with Crippen LogP contribution >= 0.6 is 23.1 Å². The van der Waals surface area contributed by atoms with Crippen molar-refractivity contribution >= 4 is 51.4 Å². The van der Waals surface area contributed by atoms with E-state index in [4.69, 9.17) is 9.47 Å². The second kappa shape index (κ2) is 7.72. The van der Waals surface area contributed by atoms with E-state index in [1.807, 2.05) is 17.1 Å². The molecule has 2 aliphatic heterocycles. The first-order chi connectivity index (χ1) is 14.2. The van der Waals surface area contributed by atoms with E-state index in [0.29, 0.717) is 30.4 Å². The van der Waals surface area contributed by atoms with Gasteiger partial charge in [0.25, 0.3) is 5.91 Å². The third-order valence-electron chi connectivity index (χ3n) is 4.93. The summed E-state index contributed by atoms with van der Waals surface area (Å²) in [4.78, 5) is 25.6. The molecular formula is C20H20N4O3S2. The van der Waals surface area contributed by atoms with E-state index >= 15 is 0 Å². The molecule has 4 heterocycles. The molecule has 1 saturated heterocycles. The number of hydrogen-bond donors (Lipinski definition) is 1. The van der Waals surface area contributed by atoms with Gasteiger partial charge in [-0.1, -0.05) is 0 Å². The second-order valence-electron chi connectivity index (χ2n) is 6.83. The van der Waals surface area contributed by atoms with Gasteiger partial charge >= 0.3 is 0 Å². The van der Waals surface area contributed by atoms with Gasteiger partial charge in [0.05, 0.1) is 10.9 Å². The Bertz CT molecular complexity index is 1080. The highest BCUT2D eigenvalue weighted by molar-refractivity contribution is 7.99. The number of nitrogens with zero attached hydrogens (tertiary/aromatic N) is 3. The highest BCUT2D eigenvalue weighted by Crippen LogP contribution is 2.34. The van der Waals surface area contributed by atoms with Gasteiger partial charge in [-0.3, -0.25) is 4.79 Å². The molecule has 2 aromatic heterocycles. The highest BCUT2D eigenvalue weighted by atomic mass is 32.2. The molecule has 5 rings (SSSR count). The molecule has 0 radical (unpaired) electrons. The molecule has 7 nitrogen and oxygen atoms in total. The van der Waals surface area contributed by atoms with Gasteiger partial charge in [-0.25, -0.2) is 9.97 Å². The van der Waals surface area contributed by atoms with Crippen molar-refractivity contribution in [1.82, 2.24) is 9.97 Å². The first-order valence-electron chi connectivity index (χ1n) is 9.48. The van der Waals surface area contributed by atoms with E-state index < -0.39 is 0 Å². The number of rotatable bonds is 3. The van der Waals surface area contributed by atoms with Crippen LogP contribution in [0.25, 0.3) is 10.9 Å². The minimum atomic E-state index is -0.333. The van der Waals surface area contributed by atoms with Gasteiger partial charge < -0.3 is 19.7 Å². The Morgan fingerprint density at radius 1 is 1.14 bits per heavy atom. The molecule has 29 heavy (non-hydrogen) atoms. The number of benzene rings is 1. The lowest BCUT2D eigenvalue weighted by Gasteiger charge is -2.28. The number of carbonyl (C=O) groups is 1. The first kappa shape index (κ1) is 18.5. The van der Waals surface area contributed by atoms with E-state index in [9.17, 15) is 4.79 Å². The standard InChI is InChI=1S/C20H20N4O3S2/c1-12-17-14(11-29-12)22-18(23-19(17)24-4-8-28-9-5-24)20(25)21-13-2-3-15-16(10-13)27-7-6-26-15/h2-3,10-11H,4-9H2,1H3,(H,21,25). The van der Waals surface area contributed by atoms with Crippen molar-refractivity contribution in [1.29, 1.82) is 0 Å². The molecule has 3 aromatic rings. The minimum absolute atomic E-state index is 0.179. The Morgan fingerprint density at radius 3 is 2.76 bits per heavy atom. The lowest BCUT2D eigenvalue weighted by atomic mass is 10.2. The number of hydrogen-bond acceptors (Lipinski definition) is 8. The van der Waals surface area contributed by atoms with Crippen LogP contribution < -0.4 is 19.7 Å². The zero-order valence-corrected chi connectivity index (χ0v) is 17.6. The number of thiophene rings is 1. The predicted octanol–water partition coefficient (Wildman–Crippen LogP) is 3.58. The maximum Gasteiger partial charge on any atom is 0.293 e. The van der Waals surface area contributed by atoms with Crippen LogP contribution in [0, 0.1) is 6.92 Å². The van der Waals surface area contributed by atoms with Crippen molar-refractivity contribution in [2.24, 2.45) is 0 Å². The van der Waals surface area contributed by atoms with Gasteiger partial charge in [-0.05, 0) is 19.1 Å². The Hall–Kier alpha value is -2.52. The molecule has 150 valence electrons. The van der Waals surface area contributed by atoms with E-state index in [0.717, 1.165) is 41.3 Å². The van der Waals surface area contributed by atoms with E-state index in [1.165, 1.54) is 4.88 Å². The number of aromatic nitrogens is 2. The molecule has 0 unspecified atom stereocenters. The van der Waals surface area contributed by atoms with Crippen LogP contribution in [0.5, 0.6) is 11.5 Å². The number of carbonyl (C=O) groups excluding carboxylic acids is 1. The first-order valence-corrected chi connectivity index (χ1v) is 11.5. The van der Waals surface area contributed by atoms with Crippen molar-refractivity contribution in [2.75, 3.05) is 48.0 Å². The summed E-state index contributed by atoms with van der Waals surface area (Å²) >= 11 is 3.58. The quantitative estimate of drug-likeness (QED) is 0.683. The molecule has 2 aliphatic rings. The van der Waals surface area contributed by atoms with Crippen LogP contribution in [0.2, 0.25) is 0 Å². The predicted molar refractivity (Wildman–Crippen MR) is 117 cm³/mol. The molecule has 1 aromatic carbocycles. The summed E-state index contributed by atoms with van der Waals surface area (Å²) < 4.78 is 11.1. The zero-order valence-electron chi connectivity index (χ0n) is 15.9. The number of aryl methyl sites for hydroxylation is 1. The van der Waals surface area contributed by atoms with Crippen LogP contribution in [-0.2, 0) is 0 Å². The summed E-state index contributed by atoms with van der Waals surface area (Å²) in [6, 6.07) is 5.36. The summed E-state index contributed by atoms with van der Waals surface area (Å²) in [7, 11) is 0. The average Bonchev–Trinajstić information content (AvgIpc) is 3.14. The van der Waals surface area contributed by atoms with Gasteiger partial charge in [0.1, 0.15) is 19.0 Å². The highest BCUT2D eigenvalue weighted by Gasteiger charge is 2.22. The van der Waals surface area contributed by atoms with Gasteiger partial charge in [-0.15, -0.1) is 11.3 Å². The number of anilines is 2. The molecule has 0 atom stereocenters. The fourth-order valence-corrected chi connectivity index (χ4v) is 5.18. The molecule has 9 heteroatoms. The summed E-state index contributed by atoms with van der Waals surface area (Å²) in [5.74, 6) is 4.15. The van der Waals surface area contributed by atoms with E-state index in [1.54, 1.807) is 29.5 Å². The second-order valence-corrected chi connectivity index (χ2v) is 9.14. The topological polar surface area (TPSA) is 76.6 Å². The summed E-state index contributed by atoms with van der Waals surface area (Å²) in [5, 5.41) is 5.94. The van der Waals surface area contributed by atoms with Crippen molar-refractivity contribution in [3.05, 3.63) is 34.3 Å². The fourth-order valence-electron chi connectivity index (χ4n) is 3.51. The van der Waals surface area contributed by atoms with Crippen LogP contribution in [0.1, 0.15) is 15.5 Å². The number of thioether (sulfide) groups is 1. The normalized spacial score (nSPS) is 16.1. The minimum Gasteiger partial charge on any atom is -0.486 e. The van der Waals surface area contributed by atoms with E-state index in [2.05, 4.69) is 27.1 Å². The van der Waals surface area contributed by atoms with Crippen molar-refractivity contribution < 1.29 is 14.3 Å². The monoisotopic (exact) mass is 428 g/mol. The summed E-state index contributed by atoms with van der Waals surface area (Å²) in [6.45, 7) is 4.96. The van der Waals surface area contributed by atoms with Crippen molar-refractivity contribution in [2.45, 2.75) is 6.92 Å². The van der Waals surface area contributed by atoms with Gasteiger partial charge in [0.15, 0.2) is 11.5 Å². The molecule has 0 bridgehead atoms. The molecule has 0 aliphatic carbocycles. The van der Waals surface area contributed by atoms with Crippen molar-refractivity contribution in [3.63, 3.8) is 0 Å². The third-order valence-corrected chi connectivity index (χ3v) is 6.77. The lowest BCUT2D eigenvalue weighted by molar-refractivity contribution is 0.101. The van der Waals surface area contributed by atoms with Crippen LogP contribution in [-0.4, -0.2) is 53.7 Å². The van der Waals surface area contributed by atoms with Gasteiger partial charge in [0, 0.05) is 46.6 Å². The maximum absolute atomic E-state index is 12.9. The van der Waals surface area contributed by atoms with Crippen molar-refractivity contribution in [3.8, 4) is 11.5 Å². The number of ether oxygens (including phenoxy) is 2. The fraction of sp³-hybridized carbons (Fsp3) is 0.350.